The minimum atomic E-state index is 0.419. The number of hydrogen-bond donors (Lipinski definition) is 0. The summed E-state index contributed by atoms with van der Waals surface area (Å²) < 4.78 is 1.88. The first-order valence-corrected chi connectivity index (χ1v) is 7.03. The summed E-state index contributed by atoms with van der Waals surface area (Å²) in [5.74, 6) is 0. The van der Waals surface area contributed by atoms with Crippen molar-refractivity contribution in [2.45, 2.75) is 49.6 Å². The Balaban J connectivity index is 1.59. The van der Waals surface area contributed by atoms with Crippen LogP contribution in [0.15, 0.2) is 12.4 Å². The summed E-state index contributed by atoms with van der Waals surface area (Å²) in [6.07, 6.45) is 10.3. The summed E-state index contributed by atoms with van der Waals surface area (Å²) in [4.78, 5) is 2.69. The molecule has 3 heterocycles. The Morgan fingerprint density at radius 1 is 1.35 bits per heavy atom. The van der Waals surface area contributed by atoms with Crippen molar-refractivity contribution in [2.24, 2.45) is 7.05 Å². The second-order valence-electron chi connectivity index (χ2n) is 5.46. The van der Waals surface area contributed by atoms with Crippen molar-refractivity contribution in [2.75, 3.05) is 6.54 Å². The van der Waals surface area contributed by atoms with Crippen LogP contribution in [0, 0.1) is 0 Å². The van der Waals surface area contributed by atoms with Crippen molar-refractivity contribution in [1.29, 1.82) is 0 Å². The van der Waals surface area contributed by atoms with Crippen LogP contribution < -0.4 is 0 Å². The van der Waals surface area contributed by atoms with Crippen LogP contribution in [0.4, 0.5) is 0 Å². The average molecular weight is 254 g/mol. The van der Waals surface area contributed by atoms with E-state index in [1.165, 1.54) is 37.8 Å². The molecule has 0 radical (unpaired) electrons. The third-order valence-electron chi connectivity index (χ3n) is 4.24. The standard InChI is InChI=1S/C13H20ClN3/c1-16-9-10(8-15-16)4-5-17-12-2-3-13(17)7-11(14)6-12/h8-9,11-13H,2-7H2,1H3. The molecule has 3 rings (SSSR count). The maximum atomic E-state index is 6.29. The number of aryl methyl sites for hydroxylation is 1. The van der Waals surface area contributed by atoms with Gasteiger partial charge in [0.2, 0.25) is 0 Å². The maximum Gasteiger partial charge on any atom is 0.0522 e. The van der Waals surface area contributed by atoms with E-state index < -0.39 is 0 Å². The molecule has 94 valence electrons. The first-order chi connectivity index (χ1) is 8.22. The summed E-state index contributed by atoms with van der Waals surface area (Å²) in [6, 6.07) is 1.49. The average Bonchev–Trinajstić information content (AvgIpc) is 2.79. The first kappa shape index (κ1) is 11.5. The fourth-order valence-corrected chi connectivity index (χ4v) is 3.84. The molecule has 0 aromatic carbocycles. The zero-order chi connectivity index (χ0) is 11.8. The molecule has 2 aliphatic rings. The molecule has 2 unspecified atom stereocenters. The normalized spacial score (nSPS) is 33.2. The highest BCUT2D eigenvalue weighted by Gasteiger charge is 2.39. The largest absolute Gasteiger partial charge is 0.297 e. The number of fused-ring (bicyclic) bond motifs is 2. The SMILES string of the molecule is Cn1cc(CCN2C3CCC2CC(Cl)C3)cn1. The highest BCUT2D eigenvalue weighted by Crippen LogP contribution is 2.37. The lowest BCUT2D eigenvalue weighted by molar-refractivity contribution is 0.145. The van der Waals surface area contributed by atoms with E-state index in [0.29, 0.717) is 5.38 Å². The zero-order valence-corrected chi connectivity index (χ0v) is 11.1. The Morgan fingerprint density at radius 2 is 2.06 bits per heavy atom. The van der Waals surface area contributed by atoms with Crippen LogP contribution in [-0.4, -0.2) is 38.7 Å². The lowest BCUT2D eigenvalue weighted by Crippen LogP contribution is -2.44. The molecule has 1 aromatic heterocycles. The van der Waals surface area contributed by atoms with E-state index in [9.17, 15) is 0 Å². The quantitative estimate of drug-likeness (QED) is 0.770. The fourth-order valence-electron chi connectivity index (χ4n) is 3.43. The number of rotatable bonds is 3. The number of piperidine rings is 1. The molecule has 0 amide bonds. The predicted molar refractivity (Wildman–Crippen MR) is 69.3 cm³/mol. The van der Waals surface area contributed by atoms with Gasteiger partial charge in [0.05, 0.1) is 6.20 Å². The Hall–Kier alpha value is -0.540. The van der Waals surface area contributed by atoms with E-state index >= 15 is 0 Å². The molecule has 17 heavy (non-hydrogen) atoms. The zero-order valence-electron chi connectivity index (χ0n) is 10.3. The Kier molecular flexibility index (Phi) is 3.14. The number of hydrogen-bond acceptors (Lipinski definition) is 2. The van der Waals surface area contributed by atoms with Crippen LogP contribution in [0.25, 0.3) is 0 Å². The predicted octanol–water partition coefficient (Wildman–Crippen LogP) is 2.20. The molecule has 2 atom stereocenters. The van der Waals surface area contributed by atoms with E-state index in [1.54, 1.807) is 0 Å². The molecule has 4 heteroatoms. The summed E-state index contributed by atoms with van der Waals surface area (Å²) in [6.45, 7) is 1.17. The number of halogens is 1. The van der Waals surface area contributed by atoms with Crippen molar-refractivity contribution < 1.29 is 0 Å². The summed E-state index contributed by atoms with van der Waals surface area (Å²) >= 11 is 6.29. The second-order valence-corrected chi connectivity index (χ2v) is 6.08. The van der Waals surface area contributed by atoms with Gasteiger partial charge in [0, 0.05) is 37.3 Å². The lowest BCUT2D eigenvalue weighted by Gasteiger charge is -2.36. The monoisotopic (exact) mass is 253 g/mol. The Morgan fingerprint density at radius 3 is 2.65 bits per heavy atom. The van der Waals surface area contributed by atoms with Crippen LogP contribution in [-0.2, 0) is 13.5 Å². The summed E-state index contributed by atoms with van der Waals surface area (Å²) in [7, 11) is 1.98. The van der Waals surface area contributed by atoms with Gasteiger partial charge in [-0.2, -0.15) is 5.10 Å². The topological polar surface area (TPSA) is 21.1 Å². The summed E-state index contributed by atoms with van der Waals surface area (Å²) in [5.41, 5.74) is 1.35. The van der Waals surface area contributed by atoms with Crippen molar-refractivity contribution in [3.8, 4) is 0 Å². The minimum absolute atomic E-state index is 0.419. The van der Waals surface area contributed by atoms with E-state index in [0.717, 1.165) is 18.5 Å². The van der Waals surface area contributed by atoms with Gasteiger partial charge in [-0.25, -0.2) is 0 Å². The van der Waals surface area contributed by atoms with Crippen molar-refractivity contribution in [3.05, 3.63) is 18.0 Å². The molecule has 3 nitrogen and oxygen atoms in total. The van der Waals surface area contributed by atoms with Gasteiger partial charge in [-0.05, 0) is 37.7 Å². The molecule has 0 N–H and O–H groups in total. The van der Waals surface area contributed by atoms with Gasteiger partial charge in [-0.1, -0.05) is 0 Å². The van der Waals surface area contributed by atoms with Gasteiger partial charge in [-0.3, -0.25) is 9.58 Å². The van der Waals surface area contributed by atoms with Crippen LogP contribution in [0.5, 0.6) is 0 Å². The molecule has 2 saturated heterocycles. The van der Waals surface area contributed by atoms with Gasteiger partial charge in [0.1, 0.15) is 0 Å². The molecule has 0 aliphatic carbocycles. The van der Waals surface area contributed by atoms with Crippen LogP contribution in [0.3, 0.4) is 0 Å². The number of alkyl halides is 1. The first-order valence-electron chi connectivity index (χ1n) is 6.59. The third-order valence-corrected chi connectivity index (χ3v) is 4.60. The molecule has 0 saturated carbocycles. The van der Waals surface area contributed by atoms with Gasteiger partial charge in [-0.15, -0.1) is 11.6 Å². The number of nitrogens with zero attached hydrogens (tertiary/aromatic N) is 3. The van der Waals surface area contributed by atoms with Gasteiger partial charge < -0.3 is 0 Å². The second kappa shape index (κ2) is 4.62. The van der Waals surface area contributed by atoms with Crippen LogP contribution in [0.1, 0.15) is 31.2 Å². The van der Waals surface area contributed by atoms with Gasteiger partial charge in [0.25, 0.3) is 0 Å². The molecule has 2 fully saturated rings. The van der Waals surface area contributed by atoms with Crippen molar-refractivity contribution in [1.82, 2.24) is 14.7 Å². The van der Waals surface area contributed by atoms with Crippen molar-refractivity contribution >= 4 is 11.6 Å². The molecule has 0 spiro atoms. The molecular weight excluding hydrogens is 234 g/mol. The van der Waals surface area contributed by atoms with Crippen LogP contribution >= 0.6 is 11.6 Å². The molecule has 2 bridgehead atoms. The maximum absolute atomic E-state index is 6.29. The number of aromatic nitrogens is 2. The Bertz CT molecular complexity index is 376. The van der Waals surface area contributed by atoms with Crippen molar-refractivity contribution in [3.63, 3.8) is 0 Å². The third kappa shape index (κ3) is 2.36. The van der Waals surface area contributed by atoms with E-state index in [-0.39, 0.29) is 0 Å². The molecule has 2 aliphatic heterocycles. The van der Waals surface area contributed by atoms with E-state index in [2.05, 4.69) is 16.2 Å². The van der Waals surface area contributed by atoms with Gasteiger partial charge >= 0.3 is 0 Å². The van der Waals surface area contributed by atoms with E-state index in [1.807, 2.05) is 17.9 Å². The molecular formula is C13H20ClN3. The Labute approximate surface area is 108 Å². The molecule has 1 aromatic rings. The van der Waals surface area contributed by atoms with Crippen LogP contribution in [0.2, 0.25) is 0 Å². The smallest absolute Gasteiger partial charge is 0.0522 e. The summed E-state index contributed by atoms with van der Waals surface area (Å²) in [5, 5.41) is 4.64. The van der Waals surface area contributed by atoms with E-state index in [4.69, 9.17) is 11.6 Å². The lowest BCUT2D eigenvalue weighted by atomic mass is 10.0. The highest BCUT2D eigenvalue weighted by atomic mass is 35.5. The minimum Gasteiger partial charge on any atom is -0.297 e. The fraction of sp³-hybridized carbons (Fsp3) is 0.769. The highest BCUT2D eigenvalue weighted by molar-refractivity contribution is 6.20. The van der Waals surface area contributed by atoms with Gasteiger partial charge in [0.15, 0.2) is 0 Å².